The van der Waals surface area contributed by atoms with Crippen molar-refractivity contribution in [3.05, 3.63) is 53.3 Å². The van der Waals surface area contributed by atoms with Gasteiger partial charge in [0.25, 0.3) is 5.91 Å². The van der Waals surface area contributed by atoms with Gasteiger partial charge in [0.2, 0.25) is 5.91 Å². The van der Waals surface area contributed by atoms with Crippen molar-refractivity contribution < 1.29 is 23.9 Å². The Bertz CT molecular complexity index is 1010. The van der Waals surface area contributed by atoms with E-state index in [1.807, 2.05) is 24.3 Å². The van der Waals surface area contributed by atoms with Crippen molar-refractivity contribution in [2.75, 3.05) is 20.8 Å². The Morgan fingerprint density at radius 1 is 1.06 bits per heavy atom. The number of methoxy groups -OCH3 is 2. The number of pyridine rings is 1. The van der Waals surface area contributed by atoms with Gasteiger partial charge < -0.3 is 19.7 Å². The molecular formula is C25H30N4O5. The van der Waals surface area contributed by atoms with Crippen LogP contribution in [0.5, 0.6) is 11.5 Å². The molecule has 3 heterocycles. The first-order valence-corrected chi connectivity index (χ1v) is 11.5. The van der Waals surface area contributed by atoms with Crippen LogP contribution < -0.4 is 14.8 Å². The molecule has 1 N–H and O–H groups in total. The first-order valence-electron chi connectivity index (χ1n) is 11.5. The fourth-order valence-corrected chi connectivity index (χ4v) is 4.49. The van der Waals surface area contributed by atoms with Crippen molar-refractivity contribution in [3.63, 3.8) is 0 Å². The van der Waals surface area contributed by atoms with E-state index in [0.717, 1.165) is 23.1 Å². The fourth-order valence-electron chi connectivity index (χ4n) is 4.49. The summed E-state index contributed by atoms with van der Waals surface area (Å²) in [4.78, 5) is 44.9. The molecule has 2 aromatic rings. The Balaban J connectivity index is 1.24. The largest absolute Gasteiger partial charge is 0.493 e. The van der Waals surface area contributed by atoms with Gasteiger partial charge >= 0.3 is 6.03 Å². The minimum Gasteiger partial charge on any atom is -0.493 e. The van der Waals surface area contributed by atoms with Crippen LogP contribution in [0.1, 0.15) is 42.4 Å². The van der Waals surface area contributed by atoms with Gasteiger partial charge in [0.1, 0.15) is 6.04 Å². The molecule has 4 rings (SSSR count). The molecule has 1 aromatic heterocycles. The molecule has 1 saturated heterocycles. The number of aromatic nitrogens is 1. The van der Waals surface area contributed by atoms with Gasteiger partial charge in [-0.1, -0.05) is 6.42 Å². The second kappa shape index (κ2) is 10.5. The third-order valence-corrected chi connectivity index (χ3v) is 6.39. The Kier molecular flexibility index (Phi) is 7.30. The molecule has 2 aliphatic rings. The third kappa shape index (κ3) is 4.98. The standard InChI is InChI=1S/C25H30N4O5/c1-33-21-13-18-12-20-24(31)28(25(32)29(20)16-19(18)14-22(21)34-2)11-5-3-4-6-23(30)27-15-17-7-9-26-10-8-17/h7-10,13-14,20H,3-6,11-12,15-16H2,1-2H3,(H,27,30)/t20-/m1/s1. The van der Waals surface area contributed by atoms with Gasteiger partial charge in [0, 0.05) is 44.9 Å². The summed E-state index contributed by atoms with van der Waals surface area (Å²) in [7, 11) is 3.16. The molecule has 0 spiro atoms. The second-order valence-corrected chi connectivity index (χ2v) is 8.54. The van der Waals surface area contributed by atoms with Crippen LogP contribution in [-0.2, 0) is 29.1 Å². The predicted octanol–water partition coefficient (Wildman–Crippen LogP) is 2.66. The van der Waals surface area contributed by atoms with Crippen molar-refractivity contribution in [1.82, 2.24) is 20.1 Å². The van der Waals surface area contributed by atoms with E-state index in [4.69, 9.17) is 9.47 Å². The summed E-state index contributed by atoms with van der Waals surface area (Å²) < 4.78 is 10.8. The Hall–Kier alpha value is -3.62. The van der Waals surface area contributed by atoms with Gasteiger partial charge in [0.15, 0.2) is 11.5 Å². The Labute approximate surface area is 199 Å². The molecule has 9 heteroatoms. The van der Waals surface area contributed by atoms with Gasteiger partial charge in [-0.2, -0.15) is 0 Å². The molecule has 0 bridgehead atoms. The maximum atomic E-state index is 13.0. The Morgan fingerprint density at radius 3 is 2.47 bits per heavy atom. The molecule has 0 radical (unpaired) electrons. The fraction of sp³-hybridized carbons (Fsp3) is 0.440. The van der Waals surface area contributed by atoms with Crippen LogP contribution in [-0.4, -0.2) is 59.4 Å². The van der Waals surface area contributed by atoms with Gasteiger partial charge in [-0.15, -0.1) is 0 Å². The van der Waals surface area contributed by atoms with E-state index in [0.29, 0.717) is 56.8 Å². The average Bonchev–Trinajstić information content (AvgIpc) is 3.09. The number of fused-ring (bicyclic) bond motifs is 2. The normalized spacial score (nSPS) is 16.8. The van der Waals surface area contributed by atoms with E-state index >= 15 is 0 Å². The van der Waals surface area contributed by atoms with Gasteiger partial charge in [0.05, 0.1) is 14.2 Å². The first-order chi connectivity index (χ1) is 16.5. The van der Waals surface area contributed by atoms with E-state index in [-0.39, 0.29) is 17.8 Å². The molecule has 1 aromatic carbocycles. The number of ether oxygens (including phenoxy) is 2. The number of benzene rings is 1. The van der Waals surface area contributed by atoms with Gasteiger partial charge in [-0.05, 0) is 53.8 Å². The summed E-state index contributed by atoms with van der Waals surface area (Å²) in [6.45, 7) is 1.22. The lowest BCUT2D eigenvalue weighted by Crippen LogP contribution is -2.40. The SMILES string of the molecule is COc1cc2c(cc1OC)CN1C(=O)N(CCCCCC(=O)NCc3ccncc3)C(=O)[C@H]1C2. The van der Waals surface area contributed by atoms with E-state index in [2.05, 4.69) is 10.3 Å². The number of nitrogens with zero attached hydrogens (tertiary/aromatic N) is 3. The number of carbonyl (C=O) groups is 3. The van der Waals surface area contributed by atoms with Crippen molar-refractivity contribution in [1.29, 1.82) is 0 Å². The predicted molar refractivity (Wildman–Crippen MR) is 124 cm³/mol. The number of hydrogen-bond donors (Lipinski definition) is 1. The number of unbranched alkanes of at least 4 members (excludes halogenated alkanes) is 2. The van der Waals surface area contributed by atoms with Crippen molar-refractivity contribution >= 4 is 17.8 Å². The second-order valence-electron chi connectivity index (χ2n) is 8.54. The van der Waals surface area contributed by atoms with Crippen molar-refractivity contribution in [2.24, 2.45) is 0 Å². The number of hydrogen-bond acceptors (Lipinski definition) is 6. The summed E-state index contributed by atoms with van der Waals surface area (Å²) in [5, 5.41) is 2.89. The van der Waals surface area contributed by atoms with E-state index in [1.165, 1.54) is 4.90 Å². The highest BCUT2D eigenvalue weighted by molar-refractivity contribution is 6.04. The molecular weight excluding hydrogens is 436 g/mol. The van der Waals surface area contributed by atoms with Crippen molar-refractivity contribution in [3.8, 4) is 11.5 Å². The van der Waals surface area contributed by atoms with Gasteiger partial charge in [-0.25, -0.2) is 4.79 Å². The highest BCUT2D eigenvalue weighted by atomic mass is 16.5. The van der Waals surface area contributed by atoms with Crippen LogP contribution in [0.2, 0.25) is 0 Å². The molecule has 2 aliphatic heterocycles. The summed E-state index contributed by atoms with van der Waals surface area (Å²) in [6.07, 6.45) is 6.41. The summed E-state index contributed by atoms with van der Waals surface area (Å²) in [6, 6.07) is 6.78. The molecule has 9 nitrogen and oxygen atoms in total. The van der Waals surface area contributed by atoms with E-state index in [1.54, 1.807) is 31.5 Å². The zero-order valence-electron chi connectivity index (χ0n) is 19.6. The highest BCUT2D eigenvalue weighted by Crippen LogP contribution is 2.37. The van der Waals surface area contributed by atoms with Crippen LogP contribution in [0.4, 0.5) is 4.79 Å². The smallest absolute Gasteiger partial charge is 0.327 e. The van der Waals surface area contributed by atoms with Crippen LogP contribution in [0.3, 0.4) is 0 Å². The Morgan fingerprint density at radius 2 is 1.76 bits per heavy atom. The minimum absolute atomic E-state index is 0.00844. The molecule has 1 fully saturated rings. The maximum absolute atomic E-state index is 13.0. The molecule has 0 aliphatic carbocycles. The summed E-state index contributed by atoms with van der Waals surface area (Å²) >= 11 is 0. The minimum atomic E-state index is -0.475. The molecule has 34 heavy (non-hydrogen) atoms. The van der Waals surface area contributed by atoms with Crippen LogP contribution in [0.15, 0.2) is 36.7 Å². The lowest BCUT2D eigenvalue weighted by atomic mass is 9.94. The topological polar surface area (TPSA) is 101 Å². The average molecular weight is 467 g/mol. The number of rotatable bonds is 10. The van der Waals surface area contributed by atoms with Crippen LogP contribution >= 0.6 is 0 Å². The zero-order valence-corrected chi connectivity index (χ0v) is 19.6. The molecule has 1 atom stereocenters. The molecule has 0 unspecified atom stereocenters. The zero-order chi connectivity index (χ0) is 24.1. The number of imide groups is 1. The summed E-state index contributed by atoms with van der Waals surface area (Å²) in [5.41, 5.74) is 2.97. The van der Waals surface area contributed by atoms with E-state index in [9.17, 15) is 14.4 Å². The maximum Gasteiger partial charge on any atom is 0.327 e. The number of nitrogens with one attached hydrogen (secondary N) is 1. The monoisotopic (exact) mass is 466 g/mol. The third-order valence-electron chi connectivity index (χ3n) is 6.39. The lowest BCUT2D eigenvalue weighted by molar-refractivity contribution is -0.128. The van der Waals surface area contributed by atoms with Crippen molar-refractivity contribution in [2.45, 2.75) is 51.2 Å². The lowest BCUT2D eigenvalue weighted by Gasteiger charge is -2.29. The quantitative estimate of drug-likeness (QED) is 0.427. The van der Waals surface area contributed by atoms with Gasteiger partial charge in [-0.3, -0.25) is 19.5 Å². The highest BCUT2D eigenvalue weighted by Gasteiger charge is 2.47. The van der Waals surface area contributed by atoms with E-state index < -0.39 is 6.04 Å². The molecule has 4 amide bonds. The molecule has 180 valence electrons. The number of carbonyl (C=O) groups excluding carboxylic acids is 3. The number of urea groups is 1. The molecule has 0 saturated carbocycles. The summed E-state index contributed by atoms with van der Waals surface area (Å²) in [5.74, 6) is 1.07. The first kappa shape index (κ1) is 23.5. The van der Waals surface area contributed by atoms with Crippen LogP contribution in [0.25, 0.3) is 0 Å². The number of amides is 4. The van der Waals surface area contributed by atoms with Crippen LogP contribution in [0, 0.1) is 0 Å².